The quantitative estimate of drug-likeness (QED) is 0.639. The molecule has 2 atom stereocenters. The van der Waals surface area contributed by atoms with Crippen LogP contribution in [0.25, 0.3) is 0 Å². The van der Waals surface area contributed by atoms with Gasteiger partial charge in [-0.2, -0.15) is 0 Å². The summed E-state index contributed by atoms with van der Waals surface area (Å²) in [6.07, 6.45) is -0.148. The molecular weight excluding hydrogens is 432 g/mol. The van der Waals surface area contributed by atoms with Crippen molar-refractivity contribution in [2.24, 2.45) is 11.1 Å². The maximum Gasteiger partial charge on any atom is 0.405 e. The van der Waals surface area contributed by atoms with Gasteiger partial charge in [0, 0.05) is 31.1 Å². The monoisotopic (exact) mass is 470 g/mol. The number of aryl methyl sites for hydroxylation is 1. The third-order valence-electron chi connectivity index (χ3n) is 7.01. The molecule has 2 aromatic rings. The second kappa shape index (κ2) is 8.69. The van der Waals surface area contributed by atoms with Crippen LogP contribution >= 0.6 is 0 Å². The predicted octanol–water partition coefficient (Wildman–Crippen LogP) is 4.63. The van der Waals surface area contributed by atoms with E-state index < -0.39 is 28.3 Å². The second-order valence-electron chi connectivity index (χ2n) is 10.7. The number of primary amides is 1. The number of nitrogens with two attached hydrogens (primary N) is 1. The first kappa shape index (κ1) is 25.7. The maximum absolute atomic E-state index is 12.6. The van der Waals surface area contributed by atoms with E-state index in [2.05, 4.69) is 0 Å². The van der Waals surface area contributed by atoms with E-state index in [0.717, 1.165) is 11.3 Å². The number of hydrogen-bond acceptors (Lipinski definition) is 6. The number of fused-ring (bicyclic) bond motifs is 1. The summed E-state index contributed by atoms with van der Waals surface area (Å²) < 4.78 is 18.2. The third kappa shape index (κ3) is 3.96. The Bertz CT molecular complexity index is 1040. The van der Waals surface area contributed by atoms with Crippen LogP contribution in [-0.2, 0) is 16.8 Å². The maximum atomic E-state index is 12.6. The third-order valence-corrected chi connectivity index (χ3v) is 7.01. The first-order chi connectivity index (χ1) is 15.7. The Kier molecular flexibility index (Phi) is 6.57. The minimum Gasteiger partial charge on any atom is -0.495 e. The van der Waals surface area contributed by atoms with E-state index in [9.17, 15) is 9.90 Å². The number of amides is 1. The van der Waals surface area contributed by atoms with Crippen molar-refractivity contribution in [3.8, 4) is 11.5 Å². The van der Waals surface area contributed by atoms with Crippen LogP contribution in [0.2, 0.25) is 0 Å². The molecule has 0 fully saturated rings. The van der Waals surface area contributed by atoms with Gasteiger partial charge in [0.1, 0.15) is 22.7 Å². The lowest BCUT2D eigenvalue weighted by molar-refractivity contribution is -0.281. The van der Waals surface area contributed by atoms with Gasteiger partial charge in [0.05, 0.1) is 12.8 Å². The molecule has 34 heavy (non-hydrogen) atoms. The fraction of sp³-hybridized carbons (Fsp3) is 0.519. The highest BCUT2D eigenvalue weighted by molar-refractivity contribution is 5.69. The van der Waals surface area contributed by atoms with Crippen LogP contribution in [0, 0.1) is 5.41 Å². The number of rotatable bonds is 6. The van der Waals surface area contributed by atoms with E-state index in [1.807, 2.05) is 90.0 Å². The molecule has 3 rings (SSSR count). The van der Waals surface area contributed by atoms with Crippen LogP contribution < -0.4 is 20.1 Å². The molecular formula is C27H38N2O5. The van der Waals surface area contributed by atoms with Crippen LogP contribution in [0.3, 0.4) is 0 Å². The van der Waals surface area contributed by atoms with Gasteiger partial charge in [0.15, 0.2) is 5.60 Å². The Balaban J connectivity index is 2.35. The largest absolute Gasteiger partial charge is 0.495 e. The van der Waals surface area contributed by atoms with Crippen molar-refractivity contribution in [3.63, 3.8) is 0 Å². The summed E-state index contributed by atoms with van der Waals surface area (Å²) in [5.41, 5.74) is 2.99. The molecule has 7 nitrogen and oxygen atoms in total. The molecule has 1 amide bonds. The summed E-state index contributed by atoms with van der Waals surface area (Å²) in [5, 5.41) is 12.6. The van der Waals surface area contributed by atoms with Gasteiger partial charge in [-0.05, 0) is 38.3 Å². The zero-order chi connectivity index (χ0) is 25.5. The Hall–Kier alpha value is -2.93. The minimum atomic E-state index is -1.64. The predicted molar refractivity (Wildman–Crippen MR) is 134 cm³/mol. The molecule has 0 aromatic heterocycles. The van der Waals surface area contributed by atoms with Gasteiger partial charge >= 0.3 is 6.09 Å². The van der Waals surface area contributed by atoms with Crippen molar-refractivity contribution < 1.29 is 24.1 Å². The highest BCUT2D eigenvalue weighted by Crippen LogP contribution is 2.62. The fourth-order valence-corrected chi connectivity index (χ4v) is 5.34. The highest BCUT2D eigenvalue weighted by atomic mass is 16.6. The summed E-state index contributed by atoms with van der Waals surface area (Å²) in [6.45, 7) is 9.44. The summed E-state index contributed by atoms with van der Waals surface area (Å²) in [6, 6.07) is 13.5. The molecule has 0 saturated carbocycles. The summed E-state index contributed by atoms with van der Waals surface area (Å²) in [5.74, 6) is 1.08. The molecule has 186 valence electrons. The Labute approximate surface area is 202 Å². The van der Waals surface area contributed by atoms with E-state index in [-0.39, 0.29) is 6.42 Å². The lowest BCUT2D eigenvalue weighted by atomic mass is 9.55. The van der Waals surface area contributed by atoms with Crippen molar-refractivity contribution in [3.05, 3.63) is 53.6 Å². The van der Waals surface area contributed by atoms with Crippen molar-refractivity contribution in [1.29, 1.82) is 0 Å². The van der Waals surface area contributed by atoms with Crippen molar-refractivity contribution in [2.45, 2.75) is 64.3 Å². The molecule has 0 unspecified atom stereocenters. The molecule has 0 radical (unpaired) electrons. The normalized spacial score (nSPS) is 23.4. The molecule has 0 bridgehead atoms. The smallest absolute Gasteiger partial charge is 0.405 e. The van der Waals surface area contributed by atoms with Gasteiger partial charge in [0.2, 0.25) is 0 Å². The molecule has 0 spiro atoms. The fourth-order valence-electron chi connectivity index (χ4n) is 5.34. The Morgan fingerprint density at radius 1 is 1.15 bits per heavy atom. The van der Waals surface area contributed by atoms with Gasteiger partial charge in [-0.15, -0.1) is 0 Å². The van der Waals surface area contributed by atoms with E-state index in [1.165, 1.54) is 0 Å². The molecule has 3 N–H and O–H groups in total. The Morgan fingerprint density at radius 3 is 2.26 bits per heavy atom. The van der Waals surface area contributed by atoms with Crippen LogP contribution in [-0.4, -0.2) is 43.6 Å². The number of aliphatic hydroxyl groups is 1. The van der Waals surface area contributed by atoms with Gasteiger partial charge in [-0.25, -0.2) is 4.79 Å². The van der Waals surface area contributed by atoms with Gasteiger partial charge < -0.3 is 30.0 Å². The summed E-state index contributed by atoms with van der Waals surface area (Å²) in [4.78, 5) is 14.4. The lowest BCUT2D eigenvalue weighted by Crippen LogP contribution is -2.73. The van der Waals surface area contributed by atoms with E-state index >= 15 is 0 Å². The second-order valence-corrected chi connectivity index (χ2v) is 10.7. The topological polar surface area (TPSA) is 94.2 Å². The zero-order valence-corrected chi connectivity index (χ0v) is 21.6. The van der Waals surface area contributed by atoms with E-state index in [1.54, 1.807) is 13.2 Å². The SMILES string of the molecule is COc1cc2c(cc1N(C)C)OC(C)(C)[C@](O)(CCc1ccccc1)[C@]2(OC(N)=O)C(C)(C)C. The number of benzene rings is 2. The average Bonchev–Trinajstić information content (AvgIpc) is 2.74. The van der Waals surface area contributed by atoms with E-state index in [4.69, 9.17) is 19.9 Å². The molecule has 1 aliphatic heterocycles. The van der Waals surface area contributed by atoms with Crippen LogP contribution in [0.4, 0.5) is 10.5 Å². The first-order valence-corrected chi connectivity index (χ1v) is 11.5. The molecule has 0 aliphatic carbocycles. The van der Waals surface area contributed by atoms with Gasteiger partial charge in [0.25, 0.3) is 0 Å². The standard InChI is InChI=1S/C27H38N2O5/c1-24(2,3)27(34-23(28)30)19-16-22(32-8)20(29(6)7)17-21(19)33-25(4,5)26(27,31)15-14-18-12-10-9-11-13-18/h9-13,16-17,31H,14-15H2,1-8H3,(H2,28,30)/t26-,27-/m1/s1. The number of carbonyl (C=O) groups is 1. The van der Waals surface area contributed by atoms with Gasteiger partial charge in [-0.3, -0.25) is 0 Å². The van der Waals surface area contributed by atoms with Crippen LogP contribution in [0.1, 0.15) is 52.2 Å². The first-order valence-electron chi connectivity index (χ1n) is 11.5. The average molecular weight is 471 g/mol. The number of hydrogen-bond donors (Lipinski definition) is 2. The summed E-state index contributed by atoms with van der Waals surface area (Å²) >= 11 is 0. The Morgan fingerprint density at radius 2 is 1.76 bits per heavy atom. The zero-order valence-electron chi connectivity index (χ0n) is 21.6. The van der Waals surface area contributed by atoms with Gasteiger partial charge in [-0.1, -0.05) is 51.1 Å². The number of nitrogens with zero attached hydrogens (tertiary/aromatic N) is 1. The molecule has 0 saturated heterocycles. The number of carbonyl (C=O) groups excluding carboxylic acids is 1. The van der Waals surface area contributed by atoms with Crippen molar-refractivity contribution in [2.75, 3.05) is 26.1 Å². The lowest BCUT2D eigenvalue weighted by Gasteiger charge is -2.61. The highest BCUT2D eigenvalue weighted by Gasteiger charge is 2.71. The number of anilines is 1. The van der Waals surface area contributed by atoms with Crippen LogP contribution in [0.5, 0.6) is 11.5 Å². The molecule has 1 heterocycles. The minimum absolute atomic E-state index is 0.270. The molecule has 7 heteroatoms. The number of methoxy groups -OCH3 is 1. The molecule has 1 aliphatic rings. The van der Waals surface area contributed by atoms with Crippen LogP contribution in [0.15, 0.2) is 42.5 Å². The van der Waals surface area contributed by atoms with E-state index in [0.29, 0.717) is 23.5 Å². The summed E-state index contributed by atoms with van der Waals surface area (Å²) in [7, 11) is 5.40. The van der Waals surface area contributed by atoms with Crippen molar-refractivity contribution >= 4 is 11.8 Å². The van der Waals surface area contributed by atoms with Crippen molar-refractivity contribution in [1.82, 2.24) is 0 Å². The number of ether oxygens (including phenoxy) is 3. The molecule has 2 aromatic carbocycles.